The molecule has 0 bridgehead atoms. The van der Waals surface area contributed by atoms with Crippen molar-refractivity contribution in [3.63, 3.8) is 0 Å². The number of piperidine rings is 1. The van der Waals surface area contributed by atoms with E-state index in [4.69, 9.17) is 5.73 Å². The van der Waals surface area contributed by atoms with Crippen LogP contribution in [0, 0.1) is 0 Å². The van der Waals surface area contributed by atoms with Crippen molar-refractivity contribution in [2.45, 2.75) is 18.4 Å². The number of carbonyl (C=O) groups is 1. The fraction of sp³-hybridized carbons (Fsp3) is 0.368. The van der Waals surface area contributed by atoms with Crippen LogP contribution in [0.1, 0.15) is 12.8 Å². The van der Waals surface area contributed by atoms with Gasteiger partial charge in [-0.3, -0.25) is 4.79 Å². The van der Waals surface area contributed by atoms with Gasteiger partial charge in [0.05, 0.1) is 5.54 Å². The Morgan fingerprint density at radius 2 is 1.96 bits per heavy atom. The van der Waals surface area contributed by atoms with Gasteiger partial charge in [-0.15, -0.1) is 0 Å². The van der Waals surface area contributed by atoms with Crippen molar-refractivity contribution in [1.29, 1.82) is 0 Å². The van der Waals surface area contributed by atoms with Gasteiger partial charge < -0.3 is 20.5 Å². The normalized spacial score (nSPS) is 16.5. The maximum Gasteiger partial charge on any atom is 0.242 e. The highest BCUT2D eigenvalue weighted by molar-refractivity contribution is 6.02. The van der Waals surface area contributed by atoms with Crippen molar-refractivity contribution in [1.82, 2.24) is 24.8 Å². The predicted molar refractivity (Wildman–Crippen MR) is 104 cm³/mol. The van der Waals surface area contributed by atoms with Crippen LogP contribution in [0.3, 0.4) is 0 Å². The van der Waals surface area contributed by atoms with Gasteiger partial charge in [0.15, 0.2) is 0 Å². The number of hydrogen-bond acceptors (Lipinski definition) is 6. The smallest absolute Gasteiger partial charge is 0.242 e. The van der Waals surface area contributed by atoms with Crippen molar-refractivity contribution in [3.8, 4) is 11.1 Å². The summed E-state index contributed by atoms with van der Waals surface area (Å²) in [7, 11) is 3.51. The van der Waals surface area contributed by atoms with Gasteiger partial charge in [-0.1, -0.05) is 0 Å². The van der Waals surface area contributed by atoms with Gasteiger partial charge in [-0.2, -0.15) is 0 Å². The molecule has 3 N–H and O–H groups in total. The van der Waals surface area contributed by atoms with Crippen LogP contribution in [-0.2, 0) is 4.79 Å². The van der Waals surface area contributed by atoms with Crippen LogP contribution in [0.4, 0.5) is 5.69 Å². The van der Waals surface area contributed by atoms with Crippen molar-refractivity contribution in [2.24, 2.45) is 5.73 Å². The zero-order valence-electron chi connectivity index (χ0n) is 15.5. The highest BCUT2D eigenvalue weighted by Crippen LogP contribution is 2.36. The number of anilines is 1. The number of hydrogen-bond donors (Lipinski definition) is 2. The van der Waals surface area contributed by atoms with E-state index in [-0.39, 0.29) is 5.91 Å². The summed E-state index contributed by atoms with van der Waals surface area (Å²) >= 11 is 0. The molecule has 27 heavy (non-hydrogen) atoms. The first kappa shape index (κ1) is 17.4. The molecule has 0 spiro atoms. The molecular weight excluding hydrogens is 342 g/mol. The van der Waals surface area contributed by atoms with Crippen LogP contribution < -0.4 is 10.6 Å². The zero-order chi connectivity index (χ0) is 19.0. The second-order valence-corrected chi connectivity index (χ2v) is 7.23. The summed E-state index contributed by atoms with van der Waals surface area (Å²) in [6, 6.07) is 2.01. The van der Waals surface area contributed by atoms with Gasteiger partial charge in [0, 0.05) is 74.2 Å². The number of H-pyrrole nitrogens is 1. The molecule has 4 heterocycles. The lowest BCUT2D eigenvalue weighted by Crippen LogP contribution is -2.59. The first-order valence-electron chi connectivity index (χ1n) is 8.97. The largest absolute Gasteiger partial charge is 0.371 e. The SMILES string of the molecule is CN(C)C(=O)C1(N)CCN(c2ccnc3[nH]cc(-c4cncnc4)c23)CC1. The van der Waals surface area contributed by atoms with Crippen LogP contribution in [0.15, 0.2) is 37.2 Å². The third-order valence-corrected chi connectivity index (χ3v) is 5.25. The van der Waals surface area contributed by atoms with Gasteiger partial charge in [0.2, 0.25) is 5.91 Å². The Morgan fingerprint density at radius 3 is 2.63 bits per heavy atom. The van der Waals surface area contributed by atoms with E-state index >= 15 is 0 Å². The summed E-state index contributed by atoms with van der Waals surface area (Å²) < 4.78 is 0. The molecule has 3 aromatic rings. The first-order valence-corrected chi connectivity index (χ1v) is 8.97. The maximum atomic E-state index is 12.4. The summed E-state index contributed by atoms with van der Waals surface area (Å²) in [5.74, 6) is -0.00852. The van der Waals surface area contributed by atoms with Gasteiger partial charge in [0.1, 0.15) is 12.0 Å². The number of nitrogens with two attached hydrogens (primary N) is 1. The number of aromatic nitrogens is 4. The third kappa shape index (κ3) is 3.02. The lowest BCUT2D eigenvalue weighted by atomic mass is 9.87. The van der Waals surface area contributed by atoms with Crippen LogP contribution in [0.2, 0.25) is 0 Å². The average molecular weight is 365 g/mol. The molecule has 1 fully saturated rings. The molecule has 1 saturated heterocycles. The lowest BCUT2D eigenvalue weighted by Gasteiger charge is -2.40. The standard InChI is InChI=1S/C19H23N7O/c1-25(2)18(27)19(20)4-7-26(8-5-19)15-3-6-23-17-16(15)14(11-24-17)13-9-21-12-22-10-13/h3,6,9-12H,4-5,7-8,20H2,1-2H3,(H,23,24). The molecule has 1 aliphatic heterocycles. The molecule has 0 aliphatic carbocycles. The second kappa shape index (κ2) is 6.62. The zero-order valence-corrected chi connectivity index (χ0v) is 15.5. The van der Waals surface area contributed by atoms with E-state index in [2.05, 4.69) is 24.8 Å². The van der Waals surface area contributed by atoms with Gasteiger partial charge in [0.25, 0.3) is 0 Å². The molecule has 8 nitrogen and oxygen atoms in total. The molecule has 0 unspecified atom stereocenters. The quantitative estimate of drug-likeness (QED) is 0.727. The average Bonchev–Trinajstić information content (AvgIpc) is 3.13. The van der Waals surface area contributed by atoms with Crippen molar-refractivity contribution < 1.29 is 4.79 Å². The minimum atomic E-state index is -0.791. The van der Waals surface area contributed by atoms with E-state index in [9.17, 15) is 4.79 Å². The Labute approximate surface area is 157 Å². The van der Waals surface area contributed by atoms with E-state index in [1.807, 2.05) is 12.3 Å². The number of likely N-dealkylation sites (N-methyl/N-ethyl adjacent to an activating group) is 1. The summed E-state index contributed by atoms with van der Waals surface area (Å²) in [6.07, 6.45) is 10.1. The molecule has 0 radical (unpaired) electrons. The Morgan fingerprint density at radius 1 is 1.26 bits per heavy atom. The Balaban J connectivity index is 1.68. The summed E-state index contributed by atoms with van der Waals surface area (Å²) in [5.41, 5.74) is 9.47. The Hall–Kier alpha value is -3.00. The van der Waals surface area contributed by atoms with Crippen molar-refractivity contribution >= 4 is 22.6 Å². The van der Waals surface area contributed by atoms with Crippen LogP contribution >= 0.6 is 0 Å². The number of carbonyl (C=O) groups excluding carboxylic acids is 1. The molecule has 140 valence electrons. The van der Waals surface area contributed by atoms with Crippen molar-refractivity contribution in [3.05, 3.63) is 37.2 Å². The van der Waals surface area contributed by atoms with E-state index < -0.39 is 5.54 Å². The minimum absolute atomic E-state index is 0.00852. The van der Waals surface area contributed by atoms with E-state index in [0.717, 1.165) is 27.8 Å². The highest BCUT2D eigenvalue weighted by atomic mass is 16.2. The molecule has 0 atom stereocenters. The molecule has 1 amide bonds. The molecule has 3 aromatic heterocycles. The predicted octanol–water partition coefficient (Wildman–Crippen LogP) is 1.41. The monoisotopic (exact) mass is 365 g/mol. The summed E-state index contributed by atoms with van der Waals surface area (Å²) in [6.45, 7) is 1.43. The van der Waals surface area contributed by atoms with Gasteiger partial charge >= 0.3 is 0 Å². The topological polar surface area (TPSA) is 104 Å². The maximum absolute atomic E-state index is 12.4. The third-order valence-electron chi connectivity index (χ3n) is 5.25. The Bertz CT molecular complexity index is 959. The number of aromatic amines is 1. The molecule has 0 saturated carbocycles. The number of pyridine rings is 1. The molecule has 1 aliphatic rings. The number of nitrogens with zero attached hydrogens (tertiary/aromatic N) is 5. The molecule has 4 rings (SSSR count). The number of nitrogens with one attached hydrogen (secondary N) is 1. The lowest BCUT2D eigenvalue weighted by molar-refractivity contribution is -0.135. The van der Waals surface area contributed by atoms with Gasteiger partial charge in [-0.25, -0.2) is 15.0 Å². The number of fused-ring (bicyclic) bond motifs is 1. The summed E-state index contributed by atoms with van der Waals surface area (Å²) in [4.78, 5) is 32.2. The second-order valence-electron chi connectivity index (χ2n) is 7.23. The molecule has 0 aromatic carbocycles. The van der Waals surface area contributed by atoms with Crippen LogP contribution in [-0.4, -0.2) is 63.5 Å². The highest BCUT2D eigenvalue weighted by Gasteiger charge is 2.39. The van der Waals surface area contributed by atoms with Crippen LogP contribution in [0.5, 0.6) is 0 Å². The fourth-order valence-corrected chi connectivity index (χ4v) is 3.77. The number of amides is 1. The van der Waals surface area contributed by atoms with Crippen LogP contribution in [0.25, 0.3) is 22.2 Å². The minimum Gasteiger partial charge on any atom is -0.371 e. The molecular formula is C19H23N7O. The first-order chi connectivity index (χ1) is 13.0. The van der Waals surface area contributed by atoms with Crippen molar-refractivity contribution in [2.75, 3.05) is 32.1 Å². The summed E-state index contributed by atoms with van der Waals surface area (Å²) in [5, 5.41) is 1.04. The fourth-order valence-electron chi connectivity index (χ4n) is 3.77. The van der Waals surface area contributed by atoms with E-state index in [1.165, 1.54) is 6.33 Å². The molecule has 8 heteroatoms. The Kier molecular flexibility index (Phi) is 4.27. The van der Waals surface area contributed by atoms with E-state index in [1.54, 1.807) is 37.6 Å². The van der Waals surface area contributed by atoms with E-state index in [0.29, 0.717) is 25.9 Å². The number of rotatable bonds is 3. The van der Waals surface area contributed by atoms with Gasteiger partial charge in [-0.05, 0) is 18.9 Å².